The van der Waals surface area contributed by atoms with Gasteiger partial charge in [-0.2, -0.15) is 4.73 Å². The average Bonchev–Trinajstić information content (AvgIpc) is 3.33. The van der Waals surface area contributed by atoms with Crippen LogP contribution in [0.5, 0.6) is 0 Å². The molecule has 2 atom stereocenters. The van der Waals surface area contributed by atoms with E-state index >= 15 is 0 Å². The molecule has 2 heterocycles. The van der Waals surface area contributed by atoms with Crippen LogP contribution in [0, 0.1) is 0 Å². The first-order valence-corrected chi connectivity index (χ1v) is 10.5. The zero-order chi connectivity index (χ0) is 23.4. The van der Waals surface area contributed by atoms with Crippen molar-refractivity contribution in [1.82, 2.24) is 14.9 Å². The number of urea groups is 1. The van der Waals surface area contributed by atoms with Crippen LogP contribution in [-0.2, 0) is 11.2 Å². The van der Waals surface area contributed by atoms with Crippen LogP contribution in [0.15, 0.2) is 60.8 Å². The number of hydrogen-bond acceptors (Lipinski definition) is 4. The molecule has 4 amide bonds. The van der Waals surface area contributed by atoms with Gasteiger partial charge in [0.25, 0.3) is 0 Å². The van der Waals surface area contributed by atoms with Crippen molar-refractivity contribution < 1.29 is 23.6 Å². The van der Waals surface area contributed by atoms with Crippen molar-refractivity contribution in [3.63, 3.8) is 0 Å². The van der Waals surface area contributed by atoms with E-state index in [0.29, 0.717) is 16.6 Å². The van der Waals surface area contributed by atoms with Gasteiger partial charge in [-0.1, -0.05) is 48.5 Å². The number of benzene rings is 2. The van der Waals surface area contributed by atoms with Gasteiger partial charge < -0.3 is 26.1 Å². The lowest BCUT2D eigenvalue weighted by Crippen LogP contribution is -2.45. The zero-order valence-corrected chi connectivity index (χ0v) is 17.7. The summed E-state index contributed by atoms with van der Waals surface area (Å²) in [6, 6.07) is 15.2. The third-order valence-corrected chi connectivity index (χ3v) is 5.47. The van der Waals surface area contributed by atoms with E-state index in [4.69, 9.17) is 10.6 Å². The highest BCUT2D eigenvalue weighted by atomic mass is 19.1. The summed E-state index contributed by atoms with van der Waals surface area (Å²) in [7, 11) is 0. The molecule has 2 aromatic carbocycles. The Hall–Kier alpha value is -4.08. The van der Waals surface area contributed by atoms with E-state index in [9.17, 15) is 18.8 Å². The number of anilines is 1. The van der Waals surface area contributed by atoms with E-state index in [-0.39, 0.29) is 31.8 Å². The second kappa shape index (κ2) is 9.60. The van der Waals surface area contributed by atoms with Crippen molar-refractivity contribution in [1.29, 1.82) is 0 Å². The first kappa shape index (κ1) is 22.1. The second-order valence-corrected chi connectivity index (χ2v) is 7.83. The molecule has 1 fully saturated rings. The van der Waals surface area contributed by atoms with Crippen LogP contribution in [0.4, 0.5) is 19.7 Å². The minimum absolute atomic E-state index is 0.0819. The van der Waals surface area contributed by atoms with Gasteiger partial charge in [-0.05, 0) is 11.6 Å². The van der Waals surface area contributed by atoms with Gasteiger partial charge in [0.15, 0.2) is 0 Å². The maximum Gasteiger partial charge on any atom is 0.429 e. The topological polar surface area (TPSA) is 119 Å². The third kappa shape index (κ3) is 5.22. The summed E-state index contributed by atoms with van der Waals surface area (Å²) < 4.78 is 15.3. The first-order valence-electron chi connectivity index (χ1n) is 10.5. The molecule has 4 rings (SSSR count). The highest BCUT2D eigenvalue weighted by molar-refractivity contribution is 6.01. The van der Waals surface area contributed by atoms with Gasteiger partial charge in [0.1, 0.15) is 6.17 Å². The lowest BCUT2D eigenvalue weighted by Gasteiger charge is -2.24. The Morgan fingerprint density at radius 3 is 2.58 bits per heavy atom. The average molecular weight is 453 g/mol. The molecule has 0 aliphatic carbocycles. The standard InChI is InChI=1S/C23H24FN5O4/c24-16-11-17(12-26-21(30)10-15-6-2-1-3-7-15)28(13-16)23(32)27-19-14-29(33-22(25)31)20-9-5-4-8-18(19)20/h1-9,14,16-17H,10-13H2,(H2,25,31)(H,26,30)(H,27,32)/t16-,17+/m1/s1. The van der Waals surface area contributed by atoms with E-state index in [0.717, 1.165) is 10.3 Å². The lowest BCUT2D eigenvalue weighted by atomic mass is 10.1. The Morgan fingerprint density at radius 2 is 1.82 bits per heavy atom. The van der Waals surface area contributed by atoms with Gasteiger partial charge in [0, 0.05) is 18.4 Å². The van der Waals surface area contributed by atoms with E-state index < -0.39 is 24.3 Å². The number of halogens is 1. The molecule has 1 aliphatic rings. The third-order valence-electron chi connectivity index (χ3n) is 5.47. The monoisotopic (exact) mass is 453 g/mol. The fraction of sp³-hybridized carbons (Fsp3) is 0.261. The van der Waals surface area contributed by atoms with Crippen molar-refractivity contribution in [2.45, 2.75) is 25.1 Å². The highest BCUT2D eigenvalue weighted by Crippen LogP contribution is 2.27. The minimum Gasteiger partial charge on any atom is -0.354 e. The molecular weight excluding hydrogens is 429 g/mol. The van der Waals surface area contributed by atoms with Crippen molar-refractivity contribution >= 4 is 34.6 Å². The fourth-order valence-electron chi connectivity index (χ4n) is 3.99. The molecule has 0 saturated carbocycles. The molecular formula is C23H24FN5O4. The largest absolute Gasteiger partial charge is 0.429 e. The number of fused-ring (bicyclic) bond motifs is 1. The van der Waals surface area contributed by atoms with Crippen molar-refractivity contribution in [3.05, 3.63) is 66.4 Å². The summed E-state index contributed by atoms with van der Waals surface area (Å²) >= 11 is 0. The Balaban J connectivity index is 1.42. The number of primary amides is 1. The molecule has 0 spiro atoms. The summed E-state index contributed by atoms with van der Waals surface area (Å²) in [6.45, 7) is 0.0630. The normalized spacial score (nSPS) is 17.7. The fourth-order valence-corrected chi connectivity index (χ4v) is 3.99. The van der Waals surface area contributed by atoms with Crippen LogP contribution in [0.3, 0.4) is 0 Å². The van der Waals surface area contributed by atoms with Gasteiger partial charge in [-0.3, -0.25) is 4.79 Å². The SMILES string of the molecule is NC(=O)On1cc(NC(=O)N2C[C@H](F)C[C@H]2CNC(=O)Cc2ccccc2)c2ccccc21. The van der Waals surface area contributed by atoms with Crippen molar-refractivity contribution in [2.75, 3.05) is 18.4 Å². The minimum atomic E-state index is -1.19. The van der Waals surface area contributed by atoms with E-state index in [1.807, 2.05) is 30.3 Å². The quantitative estimate of drug-likeness (QED) is 0.531. The molecule has 172 valence electrons. The maximum absolute atomic E-state index is 14.2. The predicted octanol–water partition coefficient (Wildman–Crippen LogP) is 2.45. The van der Waals surface area contributed by atoms with Gasteiger partial charge in [-0.25, -0.2) is 14.0 Å². The van der Waals surface area contributed by atoms with E-state index in [2.05, 4.69) is 10.6 Å². The Kier molecular flexibility index (Phi) is 6.43. The van der Waals surface area contributed by atoms with Gasteiger partial charge >= 0.3 is 12.1 Å². The predicted molar refractivity (Wildman–Crippen MR) is 120 cm³/mol. The lowest BCUT2D eigenvalue weighted by molar-refractivity contribution is -0.120. The zero-order valence-electron chi connectivity index (χ0n) is 17.7. The van der Waals surface area contributed by atoms with Crippen LogP contribution >= 0.6 is 0 Å². The van der Waals surface area contributed by atoms with Gasteiger partial charge in [0.2, 0.25) is 5.91 Å². The van der Waals surface area contributed by atoms with Gasteiger partial charge in [0.05, 0.1) is 36.4 Å². The van der Waals surface area contributed by atoms with Crippen molar-refractivity contribution in [2.24, 2.45) is 5.73 Å². The second-order valence-electron chi connectivity index (χ2n) is 7.83. The summed E-state index contributed by atoms with van der Waals surface area (Å²) in [5.74, 6) is -0.199. The number of carbonyl (C=O) groups is 3. The number of hydrogen-bond donors (Lipinski definition) is 3. The number of likely N-dealkylation sites (tertiary alicyclic amines) is 1. The molecule has 1 saturated heterocycles. The van der Waals surface area contributed by atoms with Crippen LogP contribution in [0.25, 0.3) is 10.9 Å². The molecule has 0 bridgehead atoms. The number of carbonyl (C=O) groups excluding carboxylic acids is 3. The number of alkyl halides is 1. The number of para-hydroxylation sites is 1. The number of amides is 4. The molecule has 33 heavy (non-hydrogen) atoms. The summed E-state index contributed by atoms with van der Waals surface area (Å²) in [6.07, 6.45) is -0.428. The molecule has 0 radical (unpaired) electrons. The molecule has 9 nitrogen and oxygen atoms in total. The summed E-state index contributed by atoms with van der Waals surface area (Å²) in [5, 5.41) is 6.17. The maximum atomic E-state index is 14.2. The molecule has 10 heteroatoms. The summed E-state index contributed by atoms with van der Waals surface area (Å²) in [4.78, 5) is 42.8. The molecule has 3 aromatic rings. The number of rotatable bonds is 6. The van der Waals surface area contributed by atoms with Crippen LogP contribution < -0.4 is 21.2 Å². The number of nitrogens with zero attached hydrogens (tertiary/aromatic N) is 2. The molecule has 1 aromatic heterocycles. The molecule has 1 aliphatic heterocycles. The Labute approximate surface area is 189 Å². The van der Waals surface area contributed by atoms with Crippen molar-refractivity contribution in [3.8, 4) is 0 Å². The van der Waals surface area contributed by atoms with Crippen LogP contribution in [0.1, 0.15) is 12.0 Å². The molecule has 4 N–H and O–H groups in total. The molecule has 0 unspecified atom stereocenters. The number of aromatic nitrogens is 1. The Morgan fingerprint density at radius 1 is 1.09 bits per heavy atom. The Bertz CT molecular complexity index is 1170. The van der Waals surface area contributed by atoms with Crippen LogP contribution in [-0.4, -0.2) is 53.0 Å². The first-order chi connectivity index (χ1) is 15.9. The smallest absolute Gasteiger partial charge is 0.354 e. The van der Waals surface area contributed by atoms with Gasteiger partial charge in [-0.15, -0.1) is 0 Å². The summed E-state index contributed by atoms with van der Waals surface area (Å²) in [5.41, 5.74) is 6.89. The highest BCUT2D eigenvalue weighted by Gasteiger charge is 2.36. The number of nitrogens with two attached hydrogens (primary N) is 1. The van der Waals surface area contributed by atoms with Crippen LogP contribution in [0.2, 0.25) is 0 Å². The van der Waals surface area contributed by atoms with E-state index in [1.165, 1.54) is 11.1 Å². The van der Waals surface area contributed by atoms with E-state index in [1.54, 1.807) is 24.3 Å². The number of nitrogens with one attached hydrogen (secondary N) is 2.